The van der Waals surface area contributed by atoms with Gasteiger partial charge in [0.25, 0.3) is 5.69 Å². The Morgan fingerprint density at radius 3 is 2.47 bits per heavy atom. The van der Waals surface area contributed by atoms with E-state index < -0.39 is 22.1 Å². The fourth-order valence-corrected chi connectivity index (χ4v) is 4.66. The summed E-state index contributed by atoms with van der Waals surface area (Å²) in [5.74, 6) is -1.91. The molecular weight excluding hydrogens is 497 g/mol. The molecule has 5 rings (SSSR count). The standard InChI is InChI=1S/C25H24FN7O5/c1-2-30-15-20(25(35)36)24(34)19-11-21(26)23(12-22(19)30)31-9-7-29(8-10-31)13-16-14-32(28-27-16)17-3-5-18(6-4-17)33(37)38/h3-6,11-12,14-15H,2,7-10,13H2,1H3,(H,35,36). The van der Waals surface area contributed by atoms with Crippen molar-refractivity contribution in [2.75, 3.05) is 31.1 Å². The quantitative estimate of drug-likeness (QED) is 0.287. The van der Waals surface area contributed by atoms with E-state index in [2.05, 4.69) is 15.2 Å². The van der Waals surface area contributed by atoms with Crippen molar-refractivity contribution in [3.8, 4) is 5.69 Å². The lowest BCUT2D eigenvalue weighted by Gasteiger charge is -2.36. The molecule has 0 bridgehead atoms. The fraction of sp³-hybridized carbons (Fsp3) is 0.280. The van der Waals surface area contributed by atoms with Gasteiger partial charge in [0.05, 0.1) is 33.7 Å². The summed E-state index contributed by atoms with van der Waals surface area (Å²) in [6.45, 7) is 5.16. The minimum absolute atomic E-state index is 0.00204. The monoisotopic (exact) mass is 521 g/mol. The van der Waals surface area contributed by atoms with Gasteiger partial charge in [-0.1, -0.05) is 5.21 Å². The van der Waals surface area contributed by atoms with E-state index in [1.165, 1.54) is 18.3 Å². The van der Waals surface area contributed by atoms with Crippen LogP contribution in [0.3, 0.4) is 0 Å². The first-order chi connectivity index (χ1) is 18.2. The van der Waals surface area contributed by atoms with Crippen LogP contribution < -0.4 is 10.3 Å². The van der Waals surface area contributed by atoms with Crippen molar-refractivity contribution in [3.63, 3.8) is 0 Å². The Morgan fingerprint density at radius 2 is 1.84 bits per heavy atom. The number of nitrogens with zero attached hydrogens (tertiary/aromatic N) is 7. The number of rotatable bonds is 7. The molecule has 0 amide bonds. The molecule has 4 aromatic rings. The molecule has 0 unspecified atom stereocenters. The van der Waals surface area contributed by atoms with Gasteiger partial charge in [0.2, 0.25) is 5.43 Å². The number of anilines is 1. The largest absolute Gasteiger partial charge is 0.477 e. The van der Waals surface area contributed by atoms with E-state index in [-0.39, 0.29) is 16.6 Å². The van der Waals surface area contributed by atoms with E-state index in [1.54, 1.807) is 33.6 Å². The highest BCUT2D eigenvalue weighted by molar-refractivity contribution is 5.93. The molecular formula is C25H24FN7O5. The summed E-state index contributed by atoms with van der Waals surface area (Å²) in [6.07, 6.45) is 3.07. The number of hydrogen-bond acceptors (Lipinski definition) is 8. The molecule has 1 aliphatic rings. The Hall–Kier alpha value is -4.65. The molecule has 3 heterocycles. The Labute approximate surface area is 215 Å². The first kappa shape index (κ1) is 25.0. The van der Waals surface area contributed by atoms with Crippen molar-refractivity contribution in [1.82, 2.24) is 24.5 Å². The van der Waals surface area contributed by atoms with Crippen molar-refractivity contribution in [2.45, 2.75) is 20.0 Å². The first-order valence-corrected chi connectivity index (χ1v) is 12.0. The Balaban J connectivity index is 1.29. The van der Waals surface area contributed by atoms with E-state index in [1.807, 2.05) is 11.8 Å². The van der Waals surface area contributed by atoms with Crippen LogP contribution in [-0.2, 0) is 13.1 Å². The molecule has 38 heavy (non-hydrogen) atoms. The number of aryl methyl sites for hydroxylation is 1. The van der Waals surface area contributed by atoms with Crippen LogP contribution in [0.15, 0.2) is 53.6 Å². The number of hydrogen-bond donors (Lipinski definition) is 1. The average Bonchev–Trinajstić information content (AvgIpc) is 3.38. The summed E-state index contributed by atoms with van der Waals surface area (Å²) in [5.41, 5.74) is 1.16. The van der Waals surface area contributed by atoms with Gasteiger partial charge >= 0.3 is 5.97 Å². The zero-order chi connectivity index (χ0) is 27.0. The highest BCUT2D eigenvalue weighted by Crippen LogP contribution is 2.26. The van der Waals surface area contributed by atoms with Gasteiger partial charge in [0, 0.05) is 63.0 Å². The molecule has 1 N–H and O–H groups in total. The third-order valence-electron chi connectivity index (χ3n) is 6.68. The van der Waals surface area contributed by atoms with Gasteiger partial charge in [-0.25, -0.2) is 13.9 Å². The Bertz CT molecular complexity index is 1590. The second-order valence-electron chi connectivity index (χ2n) is 8.97. The molecule has 1 saturated heterocycles. The number of carboxylic acids is 1. The third kappa shape index (κ3) is 4.70. The Kier molecular flexibility index (Phi) is 6.59. The number of pyridine rings is 1. The van der Waals surface area contributed by atoms with Crippen molar-refractivity contribution in [1.29, 1.82) is 0 Å². The number of carboxylic acid groups (broad SMARTS) is 1. The number of nitro groups is 1. The van der Waals surface area contributed by atoms with Gasteiger partial charge < -0.3 is 14.6 Å². The molecule has 196 valence electrons. The first-order valence-electron chi connectivity index (χ1n) is 12.0. The van der Waals surface area contributed by atoms with Crippen LogP contribution in [0, 0.1) is 15.9 Å². The zero-order valence-electron chi connectivity index (χ0n) is 20.5. The number of benzene rings is 2. The van der Waals surface area contributed by atoms with Crippen LogP contribution in [0.2, 0.25) is 0 Å². The van der Waals surface area contributed by atoms with Gasteiger partial charge in [-0.15, -0.1) is 5.10 Å². The smallest absolute Gasteiger partial charge is 0.341 e. The lowest BCUT2D eigenvalue weighted by Crippen LogP contribution is -2.46. The van der Waals surface area contributed by atoms with Crippen LogP contribution in [0.25, 0.3) is 16.6 Å². The number of piperazine rings is 1. The number of fused-ring (bicyclic) bond motifs is 1. The molecule has 2 aromatic heterocycles. The highest BCUT2D eigenvalue weighted by atomic mass is 19.1. The molecule has 2 aromatic carbocycles. The number of non-ortho nitro benzene ring substituents is 1. The molecule has 1 fully saturated rings. The molecule has 0 spiro atoms. The molecule has 13 heteroatoms. The number of carbonyl (C=O) groups is 1. The predicted octanol–water partition coefficient (Wildman–Crippen LogP) is 2.67. The van der Waals surface area contributed by atoms with Gasteiger partial charge in [-0.3, -0.25) is 19.8 Å². The van der Waals surface area contributed by atoms with Crippen LogP contribution in [-0.4, -0.2) is 66.6 Å². The third-order valence-corrected chi connectivity index (χ3v) is 6.68. The maximum Gasteiger partial charge on any atom is 0.341 e. The van der Waals surface area contributed by atoms with Gasteiger partial charge in [-0.05, 0) is 31.2 Å². The van der Waals surface area contributed by atoms with Crippen LogP contribution in [0.5, 0.6) is 0 Å². The van der Waals surface area contributed by atoms with Crippen LogP contribution >= 0.6 is 0 Å². The molecule has 0 atom stereocenters. The van der Waals surface area contributed by atoms with Crippen molar-refractivity contribution in [3.05, 3.63) is 86.2 Å². The SMILES string of the molecule is CCn1cc(C(=O)O)c(=O)c2cc(F)c(N3CCN(Cc4cn(-c5ccc([N+](=O)[O-])cc5)nn4)CC3)cc21. The Morgan fingerprint density at radius 1 is 1.13 bits per heavy atom. The number of aromatic nitrogens is 4. The summed E-state index contributed by atoms with van der Waals surface area (Å²) in [6, 6.07) is 8.78. The van der Waals surface area contributed by atoms with Crippen LogP contribution in [0.1, 0.15) is 23.0 Å². The summed E-state index contributed by atoms with van der Waals surface area (Å²) < 4.78 is 18.3. The fourth-order valence-electron chi connectivity index (χ4n) is 4.66. The van der Waals surface area contributed by atoms with E-state index in [0.717, 1.165) is 11.8 Å². The lowest BCUT2D eigenvalue weighted by atomic mass is 10.1. The maximum atomic E-state index is 15.1. The minimum atomic E-state index is -1.34. The molecule has 12 nitrogen and oxygen atoms in total. The number of aromatic carboxylic acids is 1. The van der Waals surface area contributed by atoms with E-state index in [4.69, 9.17) is 0 Å². The van der Waals surface area contributed by atoms with Crippen molar-refractivity contribution >= 4 is 28.2 Å². The minimum Gasteiger partial charge on any atom is -0.477 e. The average molecular weight is 522 g/mol. The molecule has 0 radical (unpaired) electrons. The maximum absolute atomic E-state index is 15.1. The zero-order valence-corrected chi connectivity index (χ0v) is 20.5. The number of halogens is 1. The summed E-state index contributed by atoms with van der Waals surface area (Å²) in [4.78, 5) is 38.5. The number of nitro benzene ring substituents is 1. The van der Waals surface area contributed by atoms with Gasteiger partial charge in [-0.2, -0.15) is 0 Å². The molecule has 1 aliphatic heterocycles. The van der Waals surface area contributed by atoms with E-state index >= 15 is 4.39 Å². The second kappa shape index (κ2) is 10.0. The van der Waals surface area contributed by atoms with E-state index in [9.17, 15) is 24.8 Å². The predicted molar refractivity (Wildman–Crippen MR) is 136 cm³/mol. The highest BCUT2D eigenvalue weighted by Gasteiger charge is 2.23. The normalized spacial score (nSPS) is 14.2. The topological polar surface area (TPSA) is 140 Å². The van der Waals surface area contributed by atoms with Crippen molar-refractivity contribution in [2.24, 2.45) is 0 Å². The summed E-state index contributed by atoms with van der Waals surface area (Å²) >= 11 is 0. The summed E-state index contributed by atoms with van der Waals surface area (Å²) in [7, 11) is 0. The van der Waals surface area contributed by atoms with E-state index in [0.29, 0.717) is 56.2 Å². The van der Waals surface area contributed by atoms with Gasteiger partial charge in [0.1, 0.15) is 11.4 Å². The molecule has 0 saturated carbocycles. The van der Waals surface area contributed by atoms with Crippen molar-refractivity contribution < 1.29 is 19.2 Å². The van der Waals surface area contributed by atoms with Crippen LogP contribution in [0.4, 0.5) is 15.8 Å². The molecule has 0 aliphatic carbocycles. The summed E-state index contributed by atoms with van der Waals surface area (Å²) in [5, 5.41) is 28.6. The second-order valence-corrected chi connectivity index (χ2v) is 8.97. The lowest BCUT2D eigenvalue weighted by molar-refractivity contribution is -0.384. The van der Waals surface area contributed by atoms with Gasteiger partial charge in [0.15, 0.2) is 0 Å².